The standard InChI is InChI=1S/C17H17F3N2O3/c1-16(2,3)25-22-14(15-13(24)5-4-8-21-15)11-9-10(17(18,19)20)6-7-12(11)23/h4-9,23-24H,1-3H3/b22-14-. The number of phenols is 1. The van der Waals surface area contributed by atoms with Crippen LogP contribution in [0.1, 0.15) is 37.6 Å². The van der Waals surface area contributed by atoms with Crippen molar-refractivity contribution in [2.75, 3.05) is 0 Å². The third kappa shape index (κ3) is 4.62. The Balaban J connectivity index is 2.67. The molecular weight excluding hydrogens is 337 g/mol. The van der Waals surface area contributed by atoms with Crippen LogP contribution in [-0.2, 0) is 11.0 Å². The van der Waals surface area contributed by atoms with Crippen LogP contribution in [0.15, 0.2) is 41.7 Å². The van der Waals surface area contributed by atoms with Crippen LogP contribution in [-0.4, -0.2) is 26.5 Å². The number of oxime groups is 1. The molecular formula is C17H17F3N2O3. The molecule has 2 rings (SSSR count). The van der Waals surface area contributed by atoms with E-state index in [1.807, 2.05) is 0 Å². The van der Waals surface area contributed by atoms with Gasteiger partial charge in [0.05, 0.1) is 5.56 Å². The Kier molecular flexibility index (Phi) is 4.92. The molecule has 0 amide bonds. The van der Waals surface area contributed by atoms with E-state index in [2.05, 4.69) is 10.1 Å². The number of hydrogen-bond acceptors (Lipinski definition) is 5. The first-order chi connectivity index (χ1) is 11.5. The highest BCUT2D eigenvalue weighted by Crippen LogP contribution is 2.34. The second-order valence-electron chi connectivity index (χ2n) is 6.24. The maximum Gasteiger partial charge on any atom is 0.416 e. The average molecular weight is 354 g/mol. The van der Waals surface area contributed by atoms with Crippen molar-refractivity contribution in [2.45, 2.75) is 32.5 Å². The zero-order valence-corrected chi connectivity index (χ0v) is 13.8. The maximum absolute atomic E-state index is 13.0. The van der Waals surface area contributed by atoms with E-state index in [0.717, 1.165) is 18.2 Å². The Labute approximate surface area is 142 Å². The van der Waals surface area contributed by atoms with E-state index in [1.54, 1.807) is 20.8 Å². The van der Waals surface area contributed by atoms with Crippen LogP contribution in [0.3, 0.4) is 0 Å². The van der Waals surface area contributed by atoms with Crippen molar-refractivity contribution < 1.29 is 28.2 Å². The Morgan fingerprint density at radius 2 is 1.76 bits per heavy atom. The highest BCUT2D eigenvalue weighted by atomic mass is 19.4. The number of alkyl halides is 3. The number of benzene rings is 1. The van der Waals surface area contributed by atoms with Gasteiger partial charge in [-0.25, -0.2) is 0 Å². The second-order valence-corrected chi connectivity index (χ2v) is 6.24. The van der Waals surface area contributed by atoms with Crippen LogP contribution < -0.4 is 0 Å². The molecule has 1 heterocycles. The first-order valence-corrected chi connectivity index (χ1v) is 7.30. The molecule has 0 saturated heterocycles. The van der Waals surface area contributed by atoms with Gasteiger partial charge in [-0.2, -0.15) is 13.2 Å². The minimum Gasteiger partial charge on any atom is -0.507 e. The normalized spacial score (nSPS) is 13.0. The fourth-order valence-electron chi connectivity index (χ4n) is 1.88. The molecule has 134 valence electrons. The molecule has 0 unspecified atom stereocenters. The van der Waals surface area contributed by atoms with Gasteiger partial charge in [-0.15, -0.1) is 0 Å². The molecule has 0 atom stereocenters. The molecule has 0 aliphatic carbocycles. The summed E-state index contributed by atoms with van der Waals surface area (Å²) in [5.74, 6) is -0.759. The highest BCUT2D eigenvalue weighted by molar-refractivity contribution is 6.14. The molecule has 0 aliphatic heterocycles. The minimum atomic E-state index is -4.61. The van der Waals surface area contributed by atoms with E-state index in [4.69, 9.17) is 4.84 Å². The number of aromatic hydroxyl groups is 2. The predicted octanol–water partition coefficient (Wildman–Crippen LogP) is 4.08. The second kappa shape index (κ2) is 6.62. The summed E-state index contributed by atoms with van der Waals surface area (Å²) in [6.07, 6.45) is -3.27. The molecule has 2 aromatic rings. The number of hydrogen-bond donors (Lipinski definition) is 2. The summed E-state index contributed by atoms with van der Waals surface area (Å²) in [4.78, 5) is 9.22. The predicted molar refractivity (Wildman–Crippen MR) is 85.5 cm³/mol. The van der Waals surface area contributed by atoms with Gasteiger partial charge in [-0.3, -0.25) is 4.98 Å². The van der Waals surface area contributed by atoms with Crippen molar-refractivity contribution in [3.8, 4) is 11.5 Å². The zero-order valence-electron chi connectivity index (χ0n) is 13.8. The van der Waals surface area contributed by atoms with Crippen LogP contribution in [0.25, 0.3) is 0 Å². The summed E-state index contributed by atoms with van der Waals surface area (Å²) in [6.45, 7) is 5.08. The van der Waals surface area contributed by atoms with Crippen LogP contribution in [0, 0.1) is 0 Å². The van der Waals surface area contributed by atoms with Crippen LogP contribution >= 0.6 is 0 Å². The largest absolute Gasteiger partial charge is 0.507 e. The van der Waals surface area contributed by atoms with Gasteiger partial charge < -0.3 is 15.1 Å². The van der Waals surface area contributed by atoms with Crippen molar-refractivity contribution in [3.05, 3.63) is 53.3 Å². The molecule has 5 nitrogen and oxygen atoms in total. The highest BCUT2D eigenvalue weighted by Gasteiger charge is 2.32. The minimum absolute atomic E-state index is 0.110. The quantitative estimate of drug-likeness (QED) is 0.643. The van der Waals surface area contributed by atoms with E-state index in [0.29, 0.717) is 0 Å². The summed E-state index contributed by atoms with van der Waals surface area (Å²) in [5.41, 5.74) is -2.29. The molecule has 1 aromatic heterocycles. The molecule has 0 spiro atoms. The number of nitrogens with zero attached hydrogens (tertiary/aromatic N) is 2. The molecule has 0 saturated carbocycles. The number of halogens is 3. The number of phenolic OH excluding ortho intramolecular Hbond substituents is 1. The van der Waals surface area contributed by atoms with Crippen molar-refractivity contribution in [2.24, 2.45) is 5.16 Å². The lowest BCUT2D eigenvalue weighted by atomic mass is 10.0. The van der Waals surface area contributed by atoms with E-state index >= 15 is 0 Å². The van der Waals surface area contributed by atoms with Crippen molar-refractivity contribution in [3.63, 3.8) is 0 Å². The Hall–Kier alpha value is -2.77. The molecule has 8 heteroatoms. The third-order valence-electron chi connectivity index (χ3n) is 3.00. The van der Waals surface area contributed by atoms with E-state index in [9.17, 15) is 23.4 Å². The fraction of sp³-hybridized carbons (Fsp3) is 0.294. The van der Waals surface area contributed by atoms with Gasteiger partial charge >= 0.3 is 6.18 Å². The summed E-state index contributed by atoms with van der Waals surface area (Å²) in [5, 5.41) is 23.9. The zero-order chi connectivity index (χ0) is 18.8. The van der Waals surface area contributed by atoms with E-state index < -0.39 is 23.1 Å². The molecule has 0 fully saturated rings. The molecule has 2 N–H and O–H groups in total. The first-order valence-electron chi connectivity index (χ1n) is 7.30. The molecule has 0 radical (unpaired) electrons. The molecule has 25 heavy (non-hydrogen) atoms. The summed E-state index contributed by atoms with van der Waals surface area (Å²) in [7, 11) is 0. The molecule has 1 aromatic carbocycles. The third-order valence-corrected chi connectivity index (χ3v) is 3.00. The fourth-order valence-corrected chi connectivity index (χ4v) is 1.88. The van der Waals surface area contributed by atoms with Crippen molar-refractivity contribution in [1.29, 1.82) is 0 Å². The van der Waals surface area contributed by atoms with Gasteiger partial charge in [0.2, 0.25) is 0 Å². The van der Waals surface area contributed by atoms with Crippen LogP contribution in [0.4, 0.5) is 13.2 Å². The first kappa shape index (κ1) is 18.6. The number of pyridine rings is 1. The Bertz CT molecular complexity index is 796. The lowest BCUT2D eigenvalue weighted by molar-refractivity contribution is -0.137. The van der Waals surface area contributed by atoms with Gasteiger partial charge in [-0.1, -0.05) is 5.16 Å². The van der Waals surface area contributed by atoms with Crippen LogP contribution in [0.5, 0.6) is 11.5 Å². The summed E-state index contributed by atoms with van der Waals surface area (Å²) >= 11 is 0. The van der Waals surface area contributed by atoms with E-state index in [1.165, 1.54) is 18.3 Å². The van der Waals surface area contributed by atoms with Gasteiger partial charge in [0, 0.05) is 11.8 Å². The lowest BCUT2D eigenvalue weighted by Crippen LogP contribution is -2.18. The number of rotatable bonds is 3. The molecule has 0 bridgehead atoms. The monoisotopic (exact) mass is 354 g/mol. The summed E-state index contributed by atoms with van der Waals surface area (Å²) < 4.78 is 39.0. The molecule has 0 aliphatic rings. The maximum atomic E-state index is 13.0. The SMILES string of the molecule is CC(C)(C)O/N=C(/c1cc(C(F)(F)F)ccc1O)c1ncccc1O. The van der Waals surface area contributed by atoms with Gasteiger partial charge in [0.15, 0.2) is 0 Å². The summed E-state index contributed by atoms with van der Waals surface area (Å²) in [6, 6.07) is 5.14. The van der Waals surface area contributed by atoms with E-state index in [-0.39, 0.29) is 22.7 Å². The lowest BCUT2D eigenvalue weighted by Gasteiger charge is -2.18. The average Bonchev–Trinajstić information content (AvgIpc) is 2.48. The van der Waals surface area contributed by atoms with Gasteiger partial charge in [0.25, 0.3) is 0 Å². The Morgan fingerprint density at radius 1 is 1.08 bits per heavy atom. The van der Waals surface area contributed by atoms with Crippen molar-refractivity contribution in [1.82, 2.24) is 4.98 Å². The topological polar surface area (TPSA) is 74.9 Å². The van der Waals surface area contributed by atoms with Gasteiger partial charge in [0.1, 0.15) is 28.5 Å². The van der Waals surface area contributed by atoms with Crippen molar-refractivity contribution >= 4 is 5.71 Å². The Morgan fingerprint density at radius 3 is 2.32 bits per heavy atom. The number of aromatic nitrogens is 1. The van der Waals surface area contributed by atoms with Crippen LogP contribution in [0.2, 0.25) is 0 Å². The smallest absolute Gasteiger partial charge is 0.416 e. The van der Waals surface area contributed by atoms with Gasteiger partial charge in [-0.05, 0) is 51.1 Å².